The van der Waals surface area contributed by atoms with E-state index in [0.717, 1.165) is 6.54 Å². The van der Waals surface area contributed by atoms with Crippen molar-refractivity contribution in [1.29, 1.82) is 0 Å². The molecule has 0 spiro atoms. The Labute approximate surface area is 116 Å². The maximum Gasteiger partial charge on any atom is 0.221 e. The number of amides is 1. The van der Waals surface area contributed by atoms with Crippen LogP contribution in [0, 0.1) is 13.8 Å². The summed E-state index contributed by atoms with van der Waals surface area (Å²) in [5.41, 5.74) is 3.74. The van der Waals surface area contributed by atoms with Crippen molar-refractivity contribution in [3.63, 3.8) is 0 Å². The van der Waals surface area contributed by atoms with E-state index in [1.807, 2.05) is 20.8 Å². The molecule has 0 unspecified atom stereocenters. The Hall–Kier alpha value is -1.35. The van der Waals surface area contributed by atoms with E-state index in [-0.39, 0.29) is 11.4 Å². The first-order valence-electron chi connectivity index (χ1n) is 6.86. The van der Waals surface area contributed by atoms with E-state index in [9.17, 15) is 4.79 Å². The van der Waals surface area contributed by atoms with Crippen LogP contribution in [0.4, 0.5) is 0 Å². The third kappa shape index (κ3) is 6.39. The minimum Gasteiger partial charge on any atom is -0.351 e. The summed E-state index contributed by atoms with van der Waals surface area (Å²) in [5, 5.41) is 6.26. The van der Waals surface area contributed by atoms with Crippen LogP contribution in [0.3, 0.4) is 0 Å². The van der Waals surface area contributed by atoms with Crippen LogP contribution >= 0.6 is 0 Å². The molecule has 0 aliphatic heterocycles. The number of nitrogens with one attached hydrogen (secondary N) is 2. The van der Waals surface area contributed by atoms with E-state index >= 15 is 0 Å². The molecular formula is C16H26N2O. The summed E-state index contributed by atoms with van der Waals surface area (Å²) in [7, 11) is 0. The maximum absolute atomic E-state index is 11.6. The Morgan fingerprint density at radius 3 is 2.42 bits per heavy atom. The predicted molar refractivity (Wildman–Crippen MR) is 80.1 cm³/mol. The summed E-state index contributed by atoms with van der Waals surface area (Å²) < 4.78 is 0. The third-order valence-electron chi connectivity index (χ3n) is 2.94. The molecule has 1 aromatic rings. The molecule has 0 heterocycles. The Kier molecular flexibility index (Phi) is 5.55. The molecular weight excluding hydrogens is 236 g/mol. The monoisotopic (exact) mass is 262 g/mol. The van der Waals surface area contributed by atoms with E-state index in [1.54, 1.807) is 0 Å². The van der Waals surface area contributed by atoms with Gasteiger partial charge in [-0.25, -0.2) is 0 Å². The average molecular weight is 262 g/mol. The summed E-state index contributed by atoms with van der Waals surface area (Å²) in [6, 6.07) is 6.46. The van der Waals surface area contributed by atoms with Gasteiger partial charge in [0.2, 0.25) is 5.91 Å². The minimum absolute atomic E-state index is 0.0973. The van der Waals surface area contributed by atoms with Gasteiger partial charge in [-0.2, -0.15) is 0 Å². The van der Waals surface area contributed by atoms with Gasteiger partial charge in [0.05, 0.1) is 0 Å². The quantitative estimate of drug-likeness (QED) is 0.801. The molecule has 1 aromatic carbocycles. The topological polar surface area (TPSA) is 41.1 Å². The predicted octanol–water partition coefficient (Wildman–Crippen LogP) is 2.70. The van der Waals surface area contributed by atoms with Crippen LogP contribution in [0.15, 0.2) is 18.2 Å². The second-order valence-electron chi connectivity index (χ2n) is 6.14. The lowest BCUT2D eigenvalue weighted by atomic mass is 10.1. The van der Waals surface area contributed by atoms with E-state index < -0.39 is 0 Å². The summed E-state index contributed by atoms with van der Waals surface area (Å²) in [4.78, 5) is 11.6. The average Bonchev–Trinajstić information content (AvgIpc) is 2.27. The Morgan fingerprint density at radius 2 is 1.84 bits per heavy atom. The molecule has 1 rings (SSSR count). The van der Waals surface area contributed by atoms with Crippen LogP contribution in [-0.4, -0.2) is 18.0 Å². The number of aryl methyl sites for hydroxylation is 2. The Balaban J connectivity index is 2.27. The number of rotatable bonds is 5. The molecule has 1 amide bonds. The smallest absolute Gasteiger partial charge is 0.221 e. The molecule has 0 aliphatic rings. The van der Waals surface area contributed by atoms with Gasteiger partial charge in [0, 0.05) is 25.0 Å². The lowest BCUT2D eigenvalue weighted by Gasteiger charge is -2.20. The first-order chi connectivity index (χ1) is 8.78. The number of benzene rings is 1. The molecule has 0 saturated carbocycles. The second-order valence-corrected chi connectivity index (χ2v) is 6.14. The van der Waals surface area contributed by atoms with Crippen molar-refractivity contribution in [3.05, 3.63) is 34.9 Å². The van der Waals surface area contributed by atoms with Gasteiger partial charge in [0.15, 0.2) is 0 Å². The van der Waals surface area contributed by atoms with E-state index in [2.05, 4.69) is 42.7 Å². The standard InChI is InChI=1S/C16H26N2O/c1-12-6-7-14(10-13(12)2)11-17-9-8-15(19)18-16(3,4)5/h6-7,10,17H,8-9,11H2,1-5H3,(H,18,19). The van der Waals surface area contributed by atoms with Crippen molar-refractivity contribution in [3.8, 4) is 0 Å². The minimum atomic E-state index is -0.148. The number of carbonyl (C=O) groups excluding carboxylic acids is 1. The molecule has 3 heteroatoms. The van der Waals surface area contributed by atoms with E-state index in [1.165, 1.54) is 16.7 Å². The number of hydrogen-bond donors (Lipinski definition) is 2. The van der Waals surface area contributed by atoms with Crippen molar-refractivity contribution in [2.75, 3.05) is 6.54 Å². The van der Waals surface area contributed by atoms with Crippen LogP contribution in [0.2, 0.25) is 0 Å². The van der Waals surface area contributed by atoms with Gasteiger partial charge in [-0.3, -0.25) is 4.79 Å². The fourth-order valence-corrected chi connectivity index (χ4v) is 1.83. The molecule has 0 radical (unpaired) electrons. The summed E-state index contributed by atoms with van der Waals surface area (Å²) >= 11 is 0. The molecule has 2 N–H and O–H groups in total. The van der Waals surface area contributed by atoms with Crippen LogP contribution < -0.4 is 10.6 Å². The Bertz CT molecular complexity index is 433. The van der Waals surface area contributed by atoms with E-state index in [4.69, 9.17) is 0 Å². The summed E-state index contributed by atoms with van der Waals surface area (Å²) in [5.74, 6) is 0.0973. The zero-order valence-electron chi connectivity index (χ0n) is 12.8. The largest absolute Gasteiger partial charge is 0.351 e. The molecule has 106 valence electrons. The highest BCUT2D eigenvalue weighted by Crippen LogP contribution is 2.09. The van der Waals surface area contributed by atoms with Crippen molar-refractivity contribution in [2.45, 2.75) is 53.1 Å². The number of hydrogen-bond acceptors (Lipinski definition) is 2. The lowest BCUT2D eigenvalue weighted by Crippen LogP contribution is -2.41. The lowest BCUT2D eigenvalue weighted by molar-refractivity contribution is -0.122. The van der Waals surface area contributed by atoms with Crippen molar-refractivity contribution >= 4 is 5.91 Å². The van der Waals surface area contributed by atoms with Gasteiger partial charge in [-0.1, -0.05) is 18.2 Å². The van der Waals surface area contributed by atoms with Crippen LogP contribution in [-0.2, 0) is 11.3 Å². The maximum atomic E-state index is 11.6. The van der Waals surface area contributed by atoms with Gasteiger partial charge >= 0.3 is 0 Å². The number of carbonyl (C=O) groups is 1. The van der Waals surface area contributed by atoms with Gasteiger partial charge in [0.1, 0.15) is 0 Å². The van der Waals surface area contributed by atoms with Gasteiger partial charge in [0.25, 0.3) is 0 Å². The highest BCUT2D eigenvalue weighted by molar-refractivity contribution is 5.76. The van der Waals surface area contributed by atoms with Crippen LogP contribution in [0.25, 0.3) is 0 Å². The normalized spacial score (nSPS) is 11.4. The first-order valence-corrected chi connectivity index (χ1v) is 6.86. The molecule has 0 fully saturated rings. The van der Waals surface area contributed by atoms with Gasteiger partial charge in [-0.15, -0.1) is 0 Å². The zero-order chi connectivity index (χ0) is 14.5. The summed E-state index contributed by atoms with van der Waals surface area (Å²) in [6.07, 6.45) is 0.516. The molecule has 3 nitrogen and oxygen atoms in total. The van der Waals surface area contributed by atoms with Gasteiger partial charge < -0.3 is 10.6 Å². The van der Waals surface area contributed by atoms with Gasteiger partial charge in [-0.05, 0) is 51.3 Å². The molecule has 0 aromatic heterocycles. The first kappa shape index (κ1) is 15.7. The molecule has 0 atom stereocenters. The van der Waals surface area contributed by atoms with Crippen molar-refractivity contribution in [2.24, 2.45) is 0 Å². The zero-order valence-corrected chi connectivity index (χ0v) is 12.8. The molecule has 19 heavy (non-hydrogen) atoms. The van der Waals surface area contributed by atoms with Crippen molar-refractivity contribution in [1.82, 2.24) is 10.6 Å². The highest BCUT2D eigenvalue weighted by atomic mass is 16.1. The fourth-order valence-electron chi connectivity index (χ4n) is 1.83. The highest BCUT2D eigenvalue weighted by Gasteiger charge is 2.12. The van der Waals surface area contributed by atoms with E-state index in [0.29, 0.717) is 13.0 Å². The van der Waals surface area contributed by atoms with Crippen LogP contribution in [0.1, 0.15) is 43.9 Å². The molecule has 0 aliphatic carbocycles. The fraction of sp³-hybridized carbons (Fsp3) is 0.562. The summed E-state index contributed by atoms with van der Waals surface area (Å²) in [6.45, 7) is 11.7. The molecule has 0 saturated heterocycles. The third-order valence-corrected chi connectivity index (χ3v) is 2.94. The SMILES string of the molecule is Cc1ccc(CNCCC(=O)NC(C)(C)C)cc1C. The molecule has 0 bridgehead atoms. The Morgan fingerprint density at radius 1 is 1.16 bits per heavy atom. The second kappa shape index (κ2) is 6.71. The van der Waals surface area contributed by atoms with Crippen molar-refractivity contribution < 1.29 is 4.79 Å². The van der Waals surface area contributed by atoms with Crippen LogP contribution in [0.5, 0.6) is 0 Å².